The summed E-state index contributed by atoms with van der Waals surface area (Å²) in [6.45, 7) is 2.03. The number of rotatable bonds is 6. The van der Waals surface area contributed by atoms with Crippen molar-refractivity contribution in [2.24, 2.45) is 0 Å². The minimum absolute atomic E-state index is 0.0999. The Morgan fingerprint density at radius 3 is 2.72 bits per heavy atom. The molecule has 2 aromatic rings. The number of carbonyl (C=O) groups is 1. The minimum Gasteiger partial charge on any atom is -0.486 e. The lowest BCUT2D eigenvalue weighted by molar-refractivity contribution is -0.116. The van der Waals surface area contributed by atoms with Crippen LogP contribution in [0.3, 0.4) is 0 Å². The molecule has 1 N–H and O–H groups in total. The van der Waals surface area contributed by atoms with Crippen LogP contribution < -0.4 is 14.8 Å². The van der Waals surface area contributed by atoms with Gasteiger partial charge in [0.05, 0.1) is 0 Å². The zero-order valence-electron chi connectivity index (χ0n) is 14.1. The van der Waals surface area contributed by atoms with Gasteiger partial charge in [-0.25, -0.2) is 4.39 Å². The van der Waals surface area contributed by atoms with Crippen molar-refractivity contribution < 1.29 is 18.7 Å². The molecule has 0 unspecified atom stereocenters. The first-order valence-electron chi connectivity index (χ1n) is 8.23. The minimum atomic E-state index is -0.227. The van der Waals surface area contributed by atoms with Crippen LogP contribution in [0.25, 0.3) is 0 Å². The van der Waals surface area contributed by atoms with Crippen molar-refractivity contribution in [3.8, 4) is 11.5 Å². The molecular formula is C19H21FN2O3. The molecule has 5 nitrogen and oxygen atoms in total. The van der Waals surface area contributed by atoms with E-state index in [1.54, 1.807) is 36.4 Å². The summed E-state index contributed by atoms with van der Waals surface area (Å²) in [5.41, 5.74) is 1.29. The van der Waals surface area contributed by atoms with Gasteiger partial charge in [0.2, 0.25) is 5.91 Å². The van der Waals surface area contributed by atoms with Gasteiger partial charge in [0.15, 0.2) is 11.5 Å². The standard InChI is InChI=1S/C19H21FN2O3/c1-22(13-14-4-2-3-5-16(14)20)9-8-19(23)21-15-6-7-17-18(12-15)25-11-10-24-17/h2-7,12H,8-11,13H2,1H3,(H,21,23). The Morgan fingerprint density at radius 1 is 1.16 bits per heavy atom. The van der Waals surface area contributed by atoms with Crippen LogP contribution >= 0.6 is 0 Å². The number of anilines is 1. The third-order valence-electron chi connectivity index (χ3n) is 3.94. The van der Waals surface area contributed by atoms with Crippen molar-refractivity contribution in [2.45, 2.75) is 13.0 Å². The highest BCUT2D eigenvalue weighted by molar-refractivity contribution is 5.91. The van der Waals surface area contributed by atoms with Gasteiger partial charge >= 0.3 is 0 Å². The van der Waals surface area contributed by atoms with E-state index in [9.17, 15) is 9.18 Å². The summed E-state index contributed by atoms with van der Waals surface area (Å²) < 4.78 is 24.6. The molecule has 3 rings (SSSR count). The van der Waals surface area contributed by atoms with Crippen LogP contribution in [-0.4, -0.2) is 37.6 Å². The number of nitrogens with zero attached hydrogens (tertiary/aromatic N) is 1. The smallest absolute Gasteiger partial charge is 0.225 e. The largest absolute Gasteiger partial charge is 0.486 e. The van der Waals surface area contributed by atoms with E-state index in [1.807, 2.05) is 11.9 Å². The molecule has 0 fully saturated rings. The highest BCUT2D eigenvalue weighted by Gasteiger charge is 2.13. The Morgan fingerprint density at radius 2 is 1.92 bits per heavy atom. The van der Waals surface area contributed by atoms with E-state index in [2.05, 4.69) is 5.32 Å². The monoisotopic (exact) mass is 344 g/mol. The number of nitrogens with one attached hydrogen (secondary N) is 1. The molecule has 0 spiro atoms. The number of hydrogen-bond acceptors (Lipinski definition) is 4. The molecule has 1 amide bonds. The molecule has 0 saturated heterocycles. The fourth-order valence-corrected chi connectivity index (χ4v) is 2.63. The van der Waals surface area contributed by atoms with Crippen molar-refractivity contribution in [2.75, 3.05) is 32.1 Å². The van der Waals surface area contributed by atoms with Crippen LogP contribution in [-0.2, 0) is 11.3 Å². The summed E-state index contributed by atoms with van der Waals surface area (Å²) in [6.07, 6.45) is 0.319. The Hall–Kier alpha value is -2.60. The lowest BCUT2D eigenvalue weighted by Gasteiger charge is -2.19. The van der Waals surface area contributed by atoms with E-state index in [0.29, 0.717) is 55.5 Å². The Labute approximate surface area is 146 Å². The Balaban J connectivity index is 1.48. The second-order valence-corrected chi connectivity index (χ2v) is 5.99. The first kappa shape index (κ1) is 17.2. The molecular weight excluding hydrogens is 323 g/mol. The van der Waals surface area contributed by atoms with Crippen molar-refractivity contribution >= 4 is 11.6 Å². The average molecular weight is 344 g/mol. The van der Waals surface area contributed by atoms with Gasteiger partial charge in [-0.2, -0.15) is 0 Å². The topological polar surface area (TPSA) is 50.8 Å². The third kappa shape index (κ3) is 4.70. The van der Waals surface area contributed by atoms with Gasteiger partial charge < -0.3 is 19.7 Å². The van der Waals surface area contributed by atoms with Crippen molar-refractivity contribution in [3.63, 3.8) is 0 Å². The summed E-state index contributed by atoms with van der Waals surface area (Å²) in [7, 11) is 1.86. The molecule has 25 heavy (non-hydrogen) atoms. The molecule has 1 aliphatic heterocycles. The van der Waals surface area contributed by atoms with Crippen LogP contribution in [0.4, 0.5) is 10.1 Å². The summed E-state index contributed by atoms with van der Waals surface area (Å²) in [5.74, 6) is 1.00. The van der Waals surface area contributed by atoms with E-state index in [4.69, 9.17) is 9.47 Å². The number of halogens is 1. The molecule has 0 saturated carbocycles. The molecule has 0 atom stereocenters. The average Bonchev–Trinajstić information content (AvgIpc) is 2.62. The molecule has 132 valence electrons. The first-order valence-corrected chi connectivity index (χ1v) is 8.23. The second kappa shape index (κ2) is 7.98. The molecule has 0 radical (unpaired) electrons. The van der Waals surface area contributed by atoms with Crippen LogP contribution in [0.2, 0.25) is 0 Å². The van der Waals surface area contributed by atoms with Gasteiger partial charge in [0.1, 0.15) is 19.0 Å². The Bertz CT molecular complexity index is 751. The van der Waals surface area contributed by atoms with E-state index in [0.717, 1.165) is 0 Å². The Kier molecular flexibility index (Phi) is 5.50. The van der Waals surface area contributed by atoms with Crippen LogP contribution in [0.1, 0.15) is 12.0 Å². The van der Waals surface area contributed by atoms with Gasteiger partial charge in [0, 0.05) is 36.8 Å². The maximum absolute atomic E-state index is 13.6. The van der Waals surface area contributed by atoms with Crippen molar-refractivity contribution in [1.82, 2.24) is 4.90 Å². The van der Waals surface area contributed by atoms with E-state index in [-0.39, 0.29) is 11.7 Å². The highest BCUT2D eigenvalue weighted by atomic mass is 19.1. The molecule has 1 heterocycles. The molecule has 6 heteroatoms. The molecule has 1 aliphatic rings. The lowest BCUT2D eigenvalue weighted by Crippen LogP contribution is -2.24. The van der Waals surface area contributed by atoms with Crippen molar-refractivity contribution in [1.29, 1.82) is 0 Å². The lowest BCUT2D eigenvalue weighted by atomic mass is 10.2. The highest BCUT2D eigenvalue weighted by Crippen LogP contribution is 2.32. The molecule has 0 aromatic heterocycles. The van der Waals surface area contributed by atoms with E-state index in [1.165, 1.54) is 6.07 Å². The molecule has 0 aliphatic carbocycles. The predicted octanol–water partition coefficient (Wildman–Crippen LogP) is 3.06. The number of benzene rings is 2. The quantitative estimate of drug-likeness (QED) is 0.875. The number of fused-ring (bicyclic) bond motifs is 1. The van der Waals surface area contributed by atoms with Gasteiger partial charge in [0.25, 0.3) is 0 Å². The van der Waals surface area contributed by atoms with Crippen molar-refractivity contribution in [3.05, 3.63) is 53.8 Å². The number of carbonyl (C=O) groups excluding carboxylic acids is 1. The SMILES string of the molecule is CN(CCC(=O)Nc1ccc2c(c1)OCCO2)Cc1ccccc1F. The van der Waals surface area contributed by atoms with Gasteiger partial charge in [-0.05, 0) is 25.2 Å². The van der Waals surface area contributed by atoms with Gasteiger partial charge in [-0.1, -0.05) is 18.2 Å². The van der Waals surface area contributed by atoms with Crippen LogP contribution in [0.5, 0.6) is 11.5 Å². The van der Waals surface area contributed by atoms with Gasteiger partial charge in [-0.3, -0.25) is 4.79 Å². The van der Waals surface area contributed by atoms with Gasteiger partial charge in [-0.15, -0.1) is 0 Å². The number of amides is 1. The summed E-state index contributed by atoms with van der Waals surface area (Å²) in [4.78, 5) is 14.0. The summed E-state index contributed by atoms with van der Waals surface area (Å²) >= 11 is 0. The van der Waals surface area contributed by atoms with E-state index < -0.39 is 0 Å². The second-order valence-electron chi connectivity index (χ2n) is 5.99. The fraction of sp³-hybridized carbons (Fsp3) is 0.316. The maximum atomic E-state index is 13.6. The first-order chi connectivity index (χ1) is 12.1. The van der Waals surface area contributed by atoms with Crippen LogP contribution in [0.15, 0.2) is 42.5 Å². The maximum Gasteiger partial charge on any atom is 0.225 e. The molecule has 2 aromatic carbocycles. The third-order valence-corrected chi connectivity index (χ3v) is 3.94. The number of ether oxygens (including phenoxy) is 2. The normalized spacial score (nSPS) is 12.9. The predicted molar refractivity (Wildman–Crippen MR) is 93.4 cm³/mol. The number of hydrogen-bond donors (Lipinski definition) is 1. The zero-order valence-corrected chi connectivity index (χ0v) is 14.1. The fourth-order valence-electron chi connectivity index (χ4n) is 2.63. The van der Waals surface area contributed by atoms with Crippen LogP contribution in [0, 0.1) is 5.82 Å². The molecule has 0 bridgehead atoms. The zero-order chi connectivity index (χ0) is 17.6. The summed E-state index contributed by atoms with van der Waals surface area (Å²) in [6, 6.07) is 12.0. The summed E-state index contributed by atoms with van der Waals surface area (Å²) in [5, 5.41) is 2.85. The van der Waals surface area contributed by atoms with E-state index >= 15 is 0 Å².